The molecule has 2 rings (SSSR count). The van der Waals surface area contributed by atoms with Gasteiger partial charge in [-0.25, -0.2) is 9.78 Å². The van der Waals surface area contributed by atoms with Crippen LogP contribution in [0, 0.1) is 0 Å². The van der Waals surface area contributed by atoms with Crippen LogP contribution in [0.1, 0.15) is 6.42 Å². The quantitative estimate of drug-likeness (QED) is 0.831. The molecule has 0 bridgehead atoms. The highest BCUT2D eigenvalue weighted by Crippen LogP contribution is 2.29. The number of aryl methyl sites for hydroxylation is 1. The SMILES string of the molecule is O=C(NCCCn1ccnc1)Nc1cccc(Cl)c1Cl. The van der Waals surface area contributed by atoms with E-state index >= 15 is 0 Å². The maximum Gasteiger partial charge on any atom is 0.319 e. The van der Waals surface area contributed by atoms with Crippen molar-refractivity contribution in [3.63, 3.8) is 0 Å². The van der Waals surface area contributed by atoms with Gasteiger partial charge in [0.25, 0.3) is 0 Å². The Balaban J connectivity index is 1.74. The second kappa shape index (κ2) is 7.17. The number of amides is 2. The van der Waals surface area contributed by atoms with E-state index < -0.39 is 0 Å². The fourth-order valence-electron chi connectivity index (χ4n) is 1.65. The number of halogens is 2. The zero-order valence-electron chi connectivity index (χ0n) is 10.6. The van der Waals surface area contributed by atoms with Crippen molar-refractivity contribution in [2.45, 2.75) is 13.0 Å². The number of nitrogens with one attached hydrogen (secondary N) is 2. The van der Waals surface area contributed by atoms with Crippen LogP contribution in [0.2, 0.25) is 10.0 Å². The first-order valence-electron chi connectivity index (χ1n) is 6.11. The van der Waals surface area contributed by atoms with Crippen LogP contribution in [0.4, 0.5) is 10.5 Å². The van der Waals surface area contributed by atoms with Crippen molar-refractivity contribution in [3.8, 4) is 0 Å². The summed E-state index contributed by atoms with van der Waals surface area (Å²) >= 11 is 11.9. The highest BCUT2D eigenvalue weighted by molar-refractivity contribution is 6.43. The number of urea groups is 1. The number of imidazole rings is 1. The number of aromatic nitrogens is 2. The molecule has 0 atom stereocenters. The van der Waals surface area contributed by atoms with E-state index in [9.17, 15) is 4.79 Å². The molecule has 1 heterocycles. The molecule has 2 amide bonds. The first kappa shape index (κ1) is 14.7. The lowest BCUT2D eigenvalue weighted by Gasteiger charge is -2.09. The summed E-state index contributed by atoms with van der Waals surface area (Å²) in [6.45, 7) is 1.36. The Labute approximate surface area is 126 Å². The van der Waals surface area contributed by atoms with Gasteiger partial charge in [-0.3, -0.25) is 0 Å². The molecule has 2 N–H and O–H groups in total. The summed E-state index contributed by atoms with van der Waals surface area (Å²) in [4.78, 5) is 15.6. The molecule has 0 aliphatic rings. The summed E-state index contributed by atoms with van der Waals surface area (Å²) < 4.78 is 1.95. The first-order chi connectivity index (χ1) is 9.66. The second-order valence-electron chi connectivity index (χ2n) is 4.14. The summed E-state index contributed by atoms with van der Waals surface area (Å²) in [6.07, 6.45) is 6.16. The normalized spacial score (nSPS) is 10.3. The molecule has 0 aliphatic heterocycles. The molecule has 2 aromatic rings. The average Bonchev–Trinajstić information content (AvgIpc) is 2.93. The highest BCUT2D eigenvalue weighted by atomic mass is 35.5. The molecule has 1 aromatic heterocycles. The van der Waals surface area contributed by atoms with Gasteiger partial charge in [-0.15, -0.1) is 0 Å². The lowest BCUT2D eigenvalue weighted by atomic mass is 10.3. The first-order valence-corrected chi connectivity index (χ1v) is 6.87. The van der Waals surface area contributed by atoms with Gasteiger partial charge in [-0.2, -0.15) is 0 Å². The van der Waals surface area contributed by atoms with Crippen molar-refractivity contribution >= 4 is 34.9 Å². The molecule has 7 heteroatoms. The number of carbonyl (C=O) groups excluding carboxylic acids is 1. The molecule has 1 aromatic carbocycles. The molecule has 0 fully saturated rings. The number of anilines is 1. The summed E-state index contributed by atoms with van der Waals surface area (Å²) in [7, 11) is 0. The maximum atomic E-state index is 11.7. The minimum absolute atomic E-state index is 0.306. The summed E-state index contributed by atoms with van der Waals surface area (Å²) in [5.41, 5.74) is 0.492. The predicted molar refractivity (Wildman–Crippen MR) is 80.3 cm³/mol. The Morgan fingerprint density at radius 3 is 2.95 bits per heavy atom. The number of rotatable bonds is 5. The van der Waals surface area contributed by atoms with E-state index in [1.165, 1.54) is 0 Å². The van der Waals surface area contributed by atoms with Crippen molar-refractivity contribution in [1.82, 2.24) is 14.9 Å². The third-order valence-electron chi connectivity index (χ3n) is 2.64. The number of hydrogen-bond donors (Lipinski definition) is 2. The van der Waals surface area contributed by atoms with E-state index in [1.807, 2.05) is 10.8 Å². The number of hydrogen-bond acceptors (Lipinski definition) is 2. The molecule has 20 heavy (non-hydrogen) atoms. The Morgan fingerprint density at radius 2 is 2.20 bits per heavy atom. The summed E-state index contributed by atoms with van der Waals surface area (Å²) in [5, 5.41) is 6.16. The van der Waals surface area contributed by atoms with Crippen molar-refractivity contribution < 1.29 is 4.79 Å². The molecule has 0 radical (unpaired) electrons. The second-order valence-corrected chi connectivity index (χ2v) is 4.92. The van der Waals surface area contributed by atoms with Gasteiger partial charge in [-0.1, -0.05) is 29.3 Å². The highest BCUT2D eigenvalue weighted by Gasteiger charge is 2.07. The van der Waals surface area contributed by atoms with Gasteiger partial charge < -0.3 is 15.2 Å². The van der Waals surface area contributed by atoms with Crippen molar-refractivity contribution in [1.29, 1.82) is 0 Å². The minimum atomic E-state index is -0.306. The third-order valence-corrected chi connectivity index (χ3v) is 3.46. The van der Waals surface area contributed by atoms with Crippen molar-refractivity contribution in [2.75, 3.05) is 11.9 Å². The maximum absolute atomic E-state index is 11.7. The van der Waals surface area contributed by atoms with Crippen LogP contribution in [0.15, 0.2) is 36.9 Å². The molecule has 5 nitrogen and oxygen atoms in total. The number of nitrogens with zero attached hydrogens (tertiary/aromatic N) is 2. The van der Waals surface area contributed by atoms with Gasteiger partial charge in [0.1, 0.15) is 0 Å². The van der Waals surface area contributed by atoms with Crippen LogP contribution < -0.4 is 10.6 Å². The largest absolute Gasteiger partial charge is 0.338 e. The van der Waals surface area contributed by atoms with Crippen molar-refractivity contribution in [2.24, 2.45) is 0 Å². The molecule has 0 saturated carbocycles. The van der Waals surface area contributed by atoms with Gasteiger partial charge in [0.05, 0.1) is 22.1 Å². The van der Waals surface area contributed by atoms with E-state index in [1.54, 1.807) is 30.7 Å². The molecular weight excluding hydrogens is 299 g/mol. The van der Waals surface area contributed by atoms with Gasteiger partial charge in [0, 0.05) is 25.5 Å². The molecule has 0 unspecified atom stereocenters. The molecule has 0 aliphatic carbocycles. The van der Waals surface area contributed by atoms with Gasteiger partial charge in [0.15, 0.2) is 0 Å². The van der Waals surface area contributed by atoms with Crippen LogP contribution in [-0.2, 0) is 6.54 Å². The fraction of sp³-hybridized carbons (Fsp3) is 0.231. The Kier molecular flexibility index (Phi) is 5.26. The van der Waals surface area contributed by atoms with Crippen LogP contribution >= 0.6 is 23.2 Å². The van der Waals surface area contributed by atoms with E-state index in [4.69, 9.17) is 23.2 Å². The number of carbonyl (C=O) groups is 1. The molecular formula is C13H14Cl2N4O. The fourth-order valence-corrected chi connectivity index (χ4v) is 2.00. The zero-order valence-corrected chi connectivity index (χ0v) is 12.2. The van der Waals surface area contributed by atoms with E-state index in [-0.39, 0.29) is 6.03 Å². The number of benzene rings is 1. The lowest BCUT2D eigenvalue weighted by Crippen LogP contribution is -2.30. The standard InChI is InChI=1S/C13H14Cl2N4O/c14-10-3-1-4-11(12(10)15)18-13(20)17-5-2-7-19-8-6-16-9-19/h1,3-4,6,8-9H,2,5,7H2,(H2,17,18,20). The van der Waals surface area contributed by atoms with Crippen molar-refractivity contribution in [3.05, 3.63) is 47.0 Å². The average molecular weight is 313 g/mol. The minimum Gasteiger partial charge on any atom is -0.338 e. The third kappa shape index (κ3) is 4.15. The Morgan fingerprint density at radius 1 is 1.35 bits per heavy atom. The van der Waals surface area contributed by atoms with Gasteiger partial charge >= 0.3 is 6.03 Å². The van der Waals surface area contributed by atoms with Crippen LogP contribution in [-0.4, -0.2) is 22.1 Å². The summed E-state index contributed by atoms with van der Waals surface area (Å²) in [6, 6.07) is 4.78. The van der Waals surface area contributed by atoms with E-state index in [0.29, 0.717) is 22.3 Å². The van der Waals surface area contributed by atoms with Crippen LogP contribution in [0.3, 0.4) is 0 Å². The smallest absolute Gasteiger partial charge is 0.319 e. The van der Waals surface area contributed by atoms with E-state index in [0.717, 1.165) is 13.0 Å². The predicted octanol–water partition coefficient (Wildman–Crippen LogP) is 3.40. The van der Waals surface area contributed by atoms with E-state index in [2.05, 4.69) is 15.6 Å². The monoisotopic (exact) mass is 312 g/mol. The molecule has 106 valence electrons. The summed E-state index contributed by atoms with van der Waals surface area (Å²) in [5.74, 6) is 0. The van der Waals surface area contributed by atoms with Gasteiger partial charge in [-0.05, 0) is 18.6 Å². The van der Waals surface area contributed by atoms with Crippen LogP contribution in [0.5, 0.6) is 0 Å². The Hall–Kier alpha value is -1.72. The van der Waals surface area contributed by atoms with Gasteiger partial charge in [0.2, 0.25) is 0 Å². The topological polar surface area (TPSA) is 59.0 Å². The molecule has 0 saturated heterocycles. The Bertz CT molecular complexity index is 572. The van der Waals surface area contributed by atoms with Crippen LogP contribution in [0.25, 0.3) is 0 Å². The zero-order chi connectivity index (χ0) is 14.4. The lowest BCUT2D eigenvalue weighted by molar-refractivity contribution is 0.252. The molecule has 0 spiro atoms.